The van der Waals surface area contributed by atoms with E-state index in [1.165, 1.54) is 38.3 Å². The maximum absolute atomic E-state index is 4.32. The molecule has 0 spiro atoms. The molecule has 4 aromatic heterocycles. The molecular formula is C34H24IrN4+. The SMILES string of the molecule is C[n+]1[c-]n(-c2[c-]c3c4cccc5c6ccccc6n(c3cc2)c45)cc1.Cc1ccc(-c2[c-]cccc2)nc1.[Ir+3]. The summed E-state index contributed by atoms with van der Waals surface area (Å²) in [7, 11) is 1.97. The minimum absolute atomic E-state index is 0. The van der Waals surface area contributed by atoms with Gasteiger partial charge in [-0.05, 0) is 40.8 Å². The van der Waals surface area contributed by atoms with E-state index in [4.69, 9.17) is 0 Å². The predicted molar refractivity (Wildman–Crippen MR) is 153 cm³/mol. The van der Waals surface area contributed by atoms with Gasteiger partial charge in [0.2, 0.25) is 6.33 Å². The van der Waals surface area contributed by atoms with Crippen LogP contribution in [0.4, 0.5) is 0 Å². The van der Waals surface area contributed by atoms with Crippen molar-refractivity contribution in [2.75, 3.05) is 0 Å². The Morgan fingerprint density at radius 2 is 1.62 bits per heavy atom. The van der Waals surface area contributed by atoms with E-state index < -0.39 is 0 Å². The van der Waals surface area contributed by atoms with Crippen LogP contribution in [0.25, 0.3) is 55.0 Å². The van der Waals surface area contributed by atoms with Crippen molar-refractivity contribution < 1.29 is 24.7 Å². The number of pyridine rings is 1. The molecule has 0 aliphatic heterocycles. The van der Waals surface area contributed by atoms with Crippen molar-refractivity contribution in [3.8, 4) is 16.9 Å². The van der Waals surface area contributed by atoms with Crippen molar-refractivity contribution in [1.82, 2.24) is 14.0 Å². The van der Waals surface area contributed by atoms with Gasteiger partial charge in [-0.2, -0.15) is 0 Å². The summed E-state index contributed by atoms with van der Waals surface area (Å²) in [6, 6.07) is 38.2. The Morgan fingerprint density at radius 1 is 0.795 bits per heavy atom. The molecule has 0 saturated carbocycles. The maximum Gasteiger partial charge on any atom is 3.00 e. The second-order valence-corrected chi connectivity index (χ2v) is 9.53. The van der Waals surface area contributed by atoms with Crippen LogP contribution in [0, 0.1) is 25.4 Å². The van der Waals surface area contributed by atoms with Crippen LogP contribution >= 0.6 is 0 Å². The molecule has 39 heavy (non-hydrogen) atoms. The molecule has 0 saturated heterocycles. The van der Waals surface area contributed by atoms with E-state index in [2.05, 4.69) is 88.5 Å². The van der Waals surface area contributed by atoms with Gasteiger partial charge >= 0.3 is 20.1 Å². The third kappa shape index (κ3) is 4.30. The van der Waals surface area contributed by atoms with Crippen LogP contribution < -0.4 is 4.57 Å². The first-order valence-corrected chi connectivity index (χ1v) is 12.6. The van der Waals surface area contributed by atoms with Gasteiger partial charge < -0.3 is 18.5 Å². The van der Waals surface area contributed by atoms with Crippen LogP contribution in [0.3, 0.4) is 0 Å². The molecule has 0 amide bonds. The number of rotatable bonds is 2. The van der Waals surface area contributed by atoms with Crippen LogP contribution in [-0.4, -0.2) is 14.0 Å². The molecule has 0 unspecified atom stereocenters. The van der Waals surface area contributed by atoms with Gasteiger partial charge in [0, 0.05) is 35.0 Å². The monoisotopic (exact) mass is 681 g/mol. The normalized spacial score (nSPS) is 11.1. The van der Waals surface area contributed by atoms with Crippen LogP contribution in [0.15, 0.2) is 110 Å². The fourth-order valence-electron chi connectivity index (χ4n) is 5.19. The van der Waals surface area contributed by atoms with E-state index in [0.29, 0.717) is 0 Å². The van der Waals surface area contributed by atoms with E-state index in [1.807, 2.05) is 72.0 Å². The number of hydrogen-bond donors (Lipinski definition) is 0. The first-order valence-electron chi connectivity index (χ1n) is 12.6. The third-order valence-electron chi connectivity index (χ3n) is 6.97. The van der Waals surface area contributed by atoms with Gasteiger partial charge in [-0.25, -0.2) is 0 Å². The zero-order valence-corrected chi connectivity index (χ0v) is 23.9. The van der Waals surface area contributed by atoms with Gasteiger partial charge in [-0.1, -0.05) is 53.9 Å². The van der Waals surface area contributed by atoms with Crippen molar-refractivity contribution >= 4 is 38.1 Å². The van der Waals surface area contributed by atoms with Gasteiger partial charge in [0.15, 0.2) is 0 Å². The molecule has 188 valence electrons. The molecule has 0 N–H and O–H groups in total. The largest absolute Gasteiger partial charge is 3.00 e. The van der Waals surface area contributed by atoms with Crippen molar-refractivity contribution in [3.05, 3.63) is 134 Å². The molecule has 4 aromatic carbocycles. The van der Waals surface area contributed by atoms with Gasteiger partial charge in [0.05, 0.1) is 7.05 Å². The standard InChI is InChI=1S/C22H14N3.C12H10N.Ir/c1-23-11-12-24(14-23)15-9-10-21-19(13-15)18-7-4-6-17-16-5-2-3-8-20(16)25(21)22(17)18;1-10-7-8-12(13-9-10)11-5-3-2-4-6-11;/h2-12H,1H3;2-5,7-9H,1H3;/q2*-1;+3. The van der Waals surface area contributed by atoms with Gasteiger partial charge in [0.1, 0.15) is 0 Å². The van der Waals surface area contributed by atoms with Gasteiger partial charge in [-0.15, -0.1) is 59.5 Å². The first-order chi connectivity index (χ1) is 18.7. The average molecular weight is 681 g/mol. The summed E-state index contributed by atoms with van der Waals surface area (Å²) in [6.07, 6.45) is 9.11. The second kappa shape index (κ2) is 10.1. The fraction of sp³-hybridized carbons (Fsp3) is 0.0588. The van der Waals surface area contributed by atoms with Crippen molar-refractivity contribution in [3.63, 3.8) is 0 Å². The minimum Gasteiger partial charge on any atom is -0.358 e. The second-order valence-electron chi connectivity index (χ2n) is 9.53. The Kier molecular flexibility index (Phi) is 6.48. The summed E-state index contributed by atoms with van der Waals surface area (Å²) in [5, 5.41) is 5.02. The molecule has 0 radical (unpaired) electrons. The van der Waals surface area contributed by atoms with E-state index in [0.717, 1.165) is 22.3 Å². The molecule has 8 aromatic rings. The number of fused-ring (bicyclic) bond motifs is 6. The van der Waals surface area contributed by atoms with Crippen LogP contribution in [0.1, 0.15) is 5.56 Å². The molecule has 0 fully saturated rings. The number of aromatic nitrogens is 4. The van der Waals surface area contributed by atoms with E-state index in [-0.39, 0.29) is 20.1 Å². The Morgan fingerprint density at radius 3 is 2.38 bits per heavy atom. The number of aryl methyl sites for hydroxylation is 2. The van der Waals surface area contributed by atoms with Crippen molar-refractivity contribution in [1.29, 1.82) is 0 Å². The third-order valence-corrected chi connectivity index (χ3v) is 6.97. The number of imidazole rings is 1. The van der Waals surface area contributed by atoms with Crippen LogP contribution in [0.5, 0.6) is 0 Å². The predicted octanol–water partition coefficient (Wildman–Crippen LogP) is 6.91. The number of benzene rings is 4. The summed E-state index contributed by atoms with van der Waals surface area (Å²) in [6.45, 7) is 2.03. The molecule has 8 rings (SSSR count). The summed E-state index contributed by atoms with van der Waals surface area (Å²) < 4.78 is 6.26. The Bertz CT molecular complexity index is 2040. The Hall–Kier alpha value is -4.31. The molecule has 0 aliphatic carbocycles. The van der Waals surface area contributed by atoms with E-state index >= 15 is 0 Å². The smallest absolute Gasteiger partial charge is 0.358 e. The average Bonchev–Trinajstić information content (AvgIpc) is 3.65. The minimum atomic E-state index is 0. The Labute approximate surface area is 240 Å². The molecule has 0 aliphatic rings. The maximum atomic E-state index is 4.32. The van der Waals surface area contributed by atoms with E-state index in [1.54, 1.807) is 0 Å². The number of hydrogen-bond acceptors (Lipinski definition) is 1. The Balaban J connectivity index is 0.000000169. The quantitative estimate of drug-likeness (QED) is 0.144. The van der Waals surface area contributed by atoms with Gasteiger partial charge in [0.25, 0.3) is 0 Å². The molecule has 5 heteroatoms. The summed E-state index contributed by atoms with van der Waals surface area (Å²) in [4.78, 5) is 4.32. The fourth-order valence-corrected chi connectivity index (χ4v) is 5.19. The molecular weight excluding hydrogens is 657 g/mol. The molecule has 0 bridgehead atoms. The zero-order chi connectivity index (χ0) is 25.6. The van der Waals surface area contributed by atoms with Crippen molar-refractivity contribution in [2.45, 2.75) is 6.92 Å². The van der Waals surface area contributed by atoms with Gasteiger partial charge in [-0.3, -0.25) is 0 Å². The van der Waals surface area contributed by atoms with E-state index in [9.17, 15) is 0 Å². The topological polar surface area (TPSA) is 26.1 Å². The summed E-state index contributed by atoms with van der Waals surface area (Å²) >= 11 is 0. The van der Waals surface area contributed by atoms with Crippen molar-refractivity contribution in [2.24, 2.45) is 7.05 Å². The summed E-state index contributed by atoms with van der Waals surface area (Å²) in [5.74, 6) is 0. The van der Waals surface area contributed by atoms with Crippen LogP contribution in [-0.2, 0) is 27.2 Å². The number of para-hydroxylation sites is 2. The molecule has 0 atom stereocenters. The molecule has 4 nitrogen and oxygen atoms in total. The first kappa shape index (κ1) is 25.0. The zero-order valence-electron chi connectivity index (χ0n) is 21.5. The number of nitrogens with zero attached hydrogens (tertiary/aromatic N) is 4. The van der Waals surface area contributed by atoms with Crippen LogP contribution in [0.2, 0.25) is 0 Å². The molecule has 4 heterocycles. The summed E-state index contributed by atoms with van der Waals surface area (Å²) in [5.41, 5.74) is 7.95.